The van der Waals surface area contributed by atoms with E-state index in [1.54, 1.807) is 29.1 Å². The minimum absolute atomic E-state index is 0.124. The lowest BCUT2D eigenvalue weighted by atomic mass is 10.2. The molecule has 0 spiro atoms. The third-order valence-electron chi connectivity index (χ3n) is 3.37. The summed E-state index contributed by atoms with van der Waals surface area (Å²) in [6.45, 7) is 2.07. The number of carbonyl (C=O) groups is 1. The van der Waals surface area contributed by atoms with Gasteiger partial charge in [0.05, 0.1) is 18.8 Å². The Balaban J connectivity index is 1.99. The molecule has 2 aromatic heterocycles. The quantitative estimate of drug-likeness (QED) is 0.803. The average molecular weight is 298 g/mol. The first-order valence-electron chi connectivity index (χ1n) is 6.93. The molecule has 0 unspecified atom stereocenters. The molecule has 0 saturated carbocycles. The molecule has 0 fully saturated rings. The van der Waals surface area contributed by atoms with Crippen LogP contribution in [0.5, 0.6) is 0 Å². The molecule has 0 atom stereocenters. The van der Waals surface area contributed by atoms with Gasteiger partial charge >= 0.3 is 0 Å². The van der Waals surface area contributed by atoms with Crippen molar-refractivity contribution in [1.82, 2.24) is 20.1 Å². The van der Waals surface area contributed by atoms with E-state index in [0.29, 0.717) is 24.3 Å². The maximum atomic E-state index is 13.8. The van der Waals surface area contributed by atoms with Crippen molar-refractivity contribution >= 4 is 16.9 Å². The molecule has 0 saturated heterocycles. The van der Waals surface area contributed by atoms with Crippen LogP contribution in [0.2, 0.25) is 0 Å². The van der Waals surface area contributed by atoms with Crippen LogP contribution < -0.4 is 5.32 Å². The summed E-state index contributed by atoms with van der Waals surface area (Å²) in [5.74, 6) is -0.397. The van der Waals surface area contributed by atoms with Crippen LogP contribution in [-0.2, 0) is 17.9 Å². The Hall–Kier alpha value is -2.76. The summed E-state index contributed by atoms with van der Waals surface area (Å²) in [6, 6.07) is 10.3. The highest BCUT2D eigenvalue weighted by Gasteiger charge is 2.13. The number of hydrogen-bond acceptors (Lipinski definition) is 3. The van der Waals surface area contributed by atoms with E-state index in [4.69, 9.17) is 0 Å². The van der Waals surface area contributed by atoms with Crippen LogP contribution in [0, 0.1) is 5.82 Å². The maximum Gasteiger partial charge on any atom is 0.217 e. The molecule has 2 heterocycles. The summed E-state index contributed by atoms with van der Waals surface area (Å²) in [6.07, 6.45) is 1.67. The highest BCUT2D eigenvalue weighted by atomic mass is 19.1. The largest absolute Gasteiger partial charge is 0.351 e. The van der Waals surface area contributed by atoms with E-state index >= 15 is 0 Å². The molecule has 0 aliphatic carbocycles. The average Bonchev–Trinajstić information content (AvgIpc) is 2.86. The highest BCUT2D eigenvalue weighted by Crippen LogP contribution is 2.18. The molecule has 0 bridgehead atoms. The van der Waals surface area contributed by atoms with E-state index in [-0.39, 0.29) is 11.7 Å². The minimum Gasteiger partial charge on any atom is -0.351 e. The van der Waals surface area contributed by atoms with Gasteiger partial charge in [-0.1, -0.05) is 18.2 Å². The summed E-state index contributed by atoms with van der Waals surface area (Å²) in [5.41, 5.74) is 1.93. The Morgan fingerprint density at radius 3 is 2.86 bits per heavy atom. The molecule has 1 N–H and O–H groups in total. The number of benzene rings is 1. The third-order valence-corrected chi connectivity index (χ3v) is 3.37. The van der Waals surface area contributed by atoms with E-state index in [2.05, 4.69) is 15.4 Å². The van der Waals surface area contributed by atoms with Crippen molar-refractivity contribution in [2.75, 3.05) is 0 Å². The van der Waals surface area contributed by atoms with Crippen molar-refractivity contribution in [3.8, 4) is 0 Å². The van der Waals surface area contributed by atoms with Crippen molar-refractivity contribution in [1.29, 1.82) is 0 Å². The molecule has 6 heteroatoms. The number of pyridine rings is 1. The molecule has 112 valence electrons. The Bertz CT molecular complexity index is 828. The van der Waals surface area contributed by atoms with Crippen LogP contribution in [0.25, 0.3) is 11.0 Å². The fraction of sp³-hybridized carbons (Fsp3) is 0.188. The highest BCUT2D eigenvalue weighted by molar-refractivity contribution is 5.79. The van der Waals surface area contributed by atoms with Gasteiger partial charge in [0, 0.05) is 24.1 Å². The van der Waals surface area contributed by atoms with Crippen LogP contribution in [0.3, 0.4) is 0 Å². The van der Waals surface area contributed by atoms with Gasteiger partial charge in [0.2, 0.25) is 5.91 Å². The number of halogens is 1. The summed E-state index contributed by atoms with van der Waals surface area (Å²) < 4.78 is 15.5. The summed E-state index contributed by atoms with van der Waals surface area (Å²) in [5, 5.41) is 8.05. The standard InChI is InChI=1S/C16H15FN4O/c1-11(22)19-9-15-13-6-4-8-18-16(13)21(20-15)10-12-5-2-3-7-14(12)17/h2-8H,9-10H2,1H3,(H,19,22). The molecule has 1 amide bonds. The van der Waals surface area contributed by atoms with Gasteiger partial charge in [0.1, 0.15) is 5.82 Å². The first kappa shape index (κ1) is 14.2. The number of nitrogens with zero attached hydrogens (tertiary/aromatic N) is 3. The number of aromatic nitrogens is 3. The zero-order chi connectivity index (χ0) is 15.5. The van der Waals surface area contributed by atoms with Crippen LogP contribution >= 0.6 is 0 Å². The maximum absolute atomic E-state index is 13.8. The predicted molar refractivity (Wildman–Crippen MR) is 80.6 cm³/mol. The molecule has 3 rings (SSSR count). The lowest BCUT2D eigenvalue weighted by molar-refractivity contribution is -0.119. The molecular weight excluding hydrogens is 283 g/mol. The third kappa shape index (κ3) is 2.81. The summed E-state index contributed by atoms with van der Waals surface area (Å²) in [7, 11) is 0. The van der Waals surface area contributed by atoms with Crippen LogP contribution in [0.15, 0.2) is 42.6 Å². The first-order chi connectivity index (χ1) is 10.6. The summed E-state index contributed by atoms with van der Waals surface area (Å²) in [4.78, 5) is 15.4. The number of rotatable bonds is 4. The van der Waals surface area contributed by atoms with Gasteiger partial charge in [-0.25, -0.2) is 14.1 Å². The van der Waals surface area contributed by atoms with Crippen LogP contribution in [0.1, 0.15) is 18.2 Å². The second kappa shape index (κ2) is 5.93. The number of hydrogen-bond donors (Lipinski definition) is 1. The van der Waals surface area contributed by atoms with Gasteiger partial charge in [-0.15, -0.1) is 0 Å². The first-order valence-corrected chi connectivity index (χ1v) is 6.93. The normalized spacial score (nSPS) is 10.8. The molecule has 0 aliphatic rings. The van der Waals surface area contributed by atoms with Gasteiger partial charge in [0.15, 0.2) is 5.65 Å². The van der Waals surface area contributed by atoms with Crippen molar-refractivity contribution in [2.45, 2.75) is 20.0 Å². The zero-order valence-electron chi connectivity index (χ0n) is 12.1. The van der Waals surface area contributed by atoms with Gasteiger partial charge in [-0.2, -0.15) is 5.10 Å². The predicted octanol–water partition coefficient (Wildman–Crippen LogP) is 2.25. The molecule has 5 nitrogen and oxygen atoms in total. The van der Waals surface area contributed by atoms with Crippen LogP contribution in [0.4, 0.5) is 4.39 Å². The van der Waals surface area contributed by atoms with Crippen LogP contribution in [-0.4, -0.2) is 20.7 Å². The molecule has 3 aromatic rings. The van der Waals surface area contributed by atoms with Crippen molar-refractivity contribution in [2.24, 2.45) is 0 Å². The van der Waals surface area contributed by atoms with E-state index in [0.717, 1.165) is 11.1 Å². The van der Waals surface area contributed by atoms with Gasteiger partial charge in [0.25, 0.3) is 0 Å². The SMILES string of the molecule is CC(=O)NCc1nn(Cc2ccccc2F)c2ncccc12. The second-order valence-electron chi connectivity index (χ2n) is 4.98. The van der Waals surface area contributed by atoms with Gasteiger partial charge in [-0.05, 0) is 18.2 Å². The molecule has 0 aliphatic heterocycles. The van der Waals surface area contributed by atoms with E-state index in [1.165, 1.54) is 13.0 Å². The Labute approximate surface area is 126 Å². The van der Waals surface area contributed by atoms with E-state index < -0.39 is 0 Å². The minimum atomic E-state index is -0.273. The number of nitrogens with one attached hydrogen (secondary N) is 1. The smallest absolute Gasteiger partial charge is 0.217 e. The summed E-state index contributed by atoms with van der Waals surface area (Å²) >= 11 is 0. The second-order valence-corrected chi connectivity index (χ2v) is 4.98. The topological polar surface area (TPSA) is 59.8 Å². The number of amides is 1. The molecule has 22 heavy (non-hydrogen) atoms. The van der Waals surface area contributed by atoms with E-state index in [1.807, 2.05) is 12.1 Å². The van der Waals surface area contributed by atoms with Crippen molar-refractivity contribution in [3.05, 3.63) is 59.7 Å². The molecule has 1 aromatic carbocycles. The van der Waals surface area contributed by atoms with Crippen molar-refractivity contribution < 1.29 is 9.18 Å². The lowest BCUT2D eigenvalue weighted by Gasteiger charge is -2.04. The monoisotopic (exact) mass is 298 g/mol. The van der Waals surface area contributed by atoms with E-state index in [9.17, 15) is 9.18 Å². The van der Waals surface area contributed by atoms with Gasteiger partial charge in [-0.3, -0.25) is 4.79 Å². The zero-order valence-corrected chi connectivity index (χ0v) is 12.1. The fourth-order valence-corrected chi connectivity index (χ4v) is 2.31. The lowest BCUT2D eigenvalue weighted by Crippen LogP contribution is -2.19. The fourth-order valence-electron chi connectivity index (χ4n) is 2.31. The van der Waals surface area contributed by atoms with Crippen molar-refractivity contribution in [3.63, 3.8) is 0 Å². The van der Waals surface area contributed by atoms with Gasteiger partial charge < -0.3 is 5.32 Å². The Kier molecular flexibility index (Phi) is 3.82. The molecular formula is C16H15FN4O. The Morgan fingerprint density at radius 1 is 1.27 bits per heavy atom. The number of carbonyl (C=O) groups excluding carboxylic acids is 1. The Morgan fingerprint density at radius 2 is 2.09 bits per heavy atom. The molecule has 0 radical (unpaired) electrons. The number of fused-ring (bicyclic) bond motifs is 1.